The van der Waals surface area contributed by atoms with Crippen molar-refractivity contribution in [3.05, 3.63) is 30.3 Å². The molecule has 1 atom stereocenters. The molecule has 1 amide bonds. The van der Waals surface area contributed by atoms with Crippen molar-refractivity contribution in [1.82, 2.24) is 0 Å². The monoisotopic (exact) mass is 267 g/mol. The van der Waals surface area contributed by atoms with Gasteiger partial charge in [-0.25, -0.2) is 4.79 Å². The lowest BCUT2D eigenvalue weighted by Gasteiger charge is -2.15. The van der Waals surface area contributed by atoms with E-state index in [1.165, 1.54) is 0 Å². The van der Waals surface area contributed by atoms with Gasteiger partial charge in [0.1, 0.15) is 12.7 Å². The number of ether oxygens (including phenoxy) is 2. The SMILES string of the molecule is C#CCOC[C@H](CCl)OC(=O)Nc1ccccc1. The zero-order chi connectivity index (χ0) is 13.2. The van der Waals surface area contributed by atoms with Crippen LogP contribution in [0.4, 0.5) is 10.5 Å². The Balaban J connectivity index is 2.36. The molecular weight excluding hydrogens is 254 g/mol. The summed E-state index contributed by atoms with van der Waals surface area (Å²) in [6.07, 6.45) is 3.93. The lowest BCUT2D eigenvalue weighted by atomic mass is 10.3. The first-order chi connectivity index (χ1) is 8.76. The first-order valence-corrected chi connectivity index (χ1v) is 5.89. The number of halogens is 1. The van der Waals surface area contributed by atoms with E-state index in [1.54, 1.807) is 12.1 Å². The molecular formula is C13H14ClNO3. The van der Waals surface area contributed by atoms with Crippen LogP contribution in [0.25, 0.3) is 0 Å². The van der Waals surface area contributed by atoms with E-state index in [4.69, 9.17) is 27.5 Å². The molecule has 18 heavy (non-hydrogen) atoms. The first-order valence-electron chi connectivity index (χ1n) is 5.36. The highest BCUT2D eigenvalue weighted by molar-refractivity contribution is 6.18. The highest BCUT2D eigenvalue weighted by Crippen LogP contribution is 2.07. The van der Waals surface area contributed by atoms with Crippen LogP contribution < -0.4 is 5.32 Å². The van der Waals surface area contributed by atoms with Crippen molar-refractivity contribution in [2.75, 3.05) is 24.4 Å². The van der Waals surface area contributed by atoms with Gasteiger partial charge in [-0.2, -0.15) is 0 Å². The molecule has 1 aromatic carbocycles. The molecule has 0 aliphatic carbocycles. The van der Waals surface area contributed by atoms with Gasteiger partial charge in [0, 0.05) is 5.69 Å². The Morgan fingerprint density at radius 3 is 2.78 bits per heavy atom. The molecule has 0 unspecified atom stereocenters. The number of amides is 1. The topological polar surface area (TPSA) is 47.6 Å². The van der Waals surface area contributed by atoms with Gasteiger partial charge in [-0.3, -0.25) is 5.32 Å². The molecule has 0 aliphatic heterocycles. The summed E-state index contributed by atoms with van der Waals surface area (Å²) in [4.78, 5) is 11.5. The number of alkyl halides is 1. The third-order valence-corrected chi connectivity index (χ3v) is 2.30. The molecule has 0 aliphatic rings. The fourth-order valence-corrected chi connectivity index (χ4v) is 1.33. The third-order valence-electron chi connectivity index (χ3n) is 1.96. The van der Waals surface area contributed by atoms with Crippen LogP contribution in [0.3, 0.4) is 0 Å². The zero-order valence-electron chi connectivity index (χ0n) is 9.77. The molecule has 0 spiro atoms. The maximum absolute atomic E-state index is 11.5. The highest BCUT2D eigenvalue weighted by Gasteiger charge is 2.13. The quantitative estimate of drug-likeness (QED) is 0.489. The molecule has 0 heterocycles. The van der Waals surface area contributed by atoms with Gasteiger partial charge >= 0.3 is 6.09 Å². The summed E-state index contributed by atoms with van der Waals surface area (Å²) < 4.78 is 10.1. The smallest absolute Gasteiger partial charge is 0.412 e. The van der Waals surface area contributed by atoms with Crippen LogP contribution >= 0.6 is 11.6 Å². The third kappa shape index (κ3) is 5.58. The van der Waals surface area contributed by atoms with Crippen molar-refractivity contribution in [2.24, 2.45) is 0 Å². The minimum atomic E-state index is -0.573. The van der Waals surface area contributed by atoms with Crippen LogP contribution in [0.15, 0.2) is 30.3 Å². The van der Waals surface area contributed by atoms with Gasteiger partial charge in [0.15, 0.2) is 0 Å². The number of hydrogen-bond donors (Lipinski definition) is 1. The maximum atomic E-state index is 11.5. The van der Waals surface area contributed by atoms with Crippen molar-refractivity contribution >= 4 is 23.4 Å². The molecule has 0 saturated heterocycles. The van der Waals surface area contributed by atoms with E-state index in [2.05, 4.69) is 11.2 Å². The molecule has 0 radical (unpaired) electrons. The summed E-state index contributed by atoms with van der Waals surface area (Å²) >= 11 is 5.66. The fourth-order valence-electron chi connectivity index (χ4n) is 1.18. The van der Waals surface area contributed by atoms with Crippen molar-refractivity contribution < 1.29 is 14.3 Å². The number of benzene rings is 1. The Kier molecular flexibility index (Phi) is 6.70. The van der Waals surface area contributed by atoms with Gasteiger partial charge in [0.2, 0.25) is 0 Å². The van der Waals surface area contributed by atoms with Gasteiger partial charge in [-0.05, 0) is 12.1 Å². The predicted octanol–water partition coefficient (Wildman–Crippen LogP) is 2.49. The summed E-state index contributed by atoms with van der Waals surface area (Å²) in [5, 5.41) is 2.58. The molecule has 96 valence electrons. The van der Waals surface area contributed by atoms with E-state index in [9.17, 15) is 4.79 Å². The number of carbonyl (C=O) groups excluding carboxylic acids is 1. The van der Waals surface area contributed by atoms with Crippen molar-refractivity contribution in [1.29, 1.82) is 0 Å². The van der Waals surface area contributed by atoms with E-state index < -0.39 is 12.2 Å². The predicted molar refractivity (Wildman–Crippen MR) is 70.7 cm³/mol. The minimum absolute atomic E-state index is 0.146. The van der Waals surface area contributed by atoms with Crippen LogP contribution in [-0.4, -0.2) is 31.3 Å². The normalized spacial score (nSPS) is 11.3. The fraction of sp³-hybridized carbons (Fsp3) is 0.308. The summed E-state index contributed by atoms with van der Waals surface area (Å²) in [6.45, 7) is 0.340. The van der Waals surface area contributed by atoms with E-state index in [1.807, 2.05) is 18.2 Å². The van der Waals surface area contributed by atoms with Gasteiger partial charge in [-0.1, -0.05) is 24.1 Å². The Bertz CT molecular complexity index is 402. The van der Waals surface area contributed by atoms with Crippen molar-refractivity contribution in [2.45, 2.75) is 6.10 Å². The highest BCUT2D eigenvalue weighted by atomic mass is 35.5. The number of carbonyl (C=O) groups is 1. The molecule has 1 N–H and O–H groups in total. The van der Waals surface area contributed by atoms with Crippen molar-refractivity contribution in [3.8, 4) is 12.3 Å². The first kappa shape index (κ1) is 14.4. The lowest BCUT2D eigenvalue weighted by Crippen LogP contribution is -2.28. The Labute approximate surface area is 111 Å². The number of anilines is 1. The van der Waals surface area contributed by atoms with Gasteiger partial charge in [-0.15, -0.1) is 18.0 Å². The second-order valence-corrected chi connectivity index (χ2v) is 3.70. The van der Waals surface area contributed by atoms with Gasteiger partial charge < -0.3 is 9.47 Å². The van der Waals surface area contributed by atoms with Crippen LogP contribution in [0.1, 0.15) is 0 Å². The molecule has 1 rings (SSSR count). The van der Waals surface area contributed by atoms with E-state index in [0.717, 1.165) is 0 Å². The summed E-state index contributed by atoms with van der Waals surface area (Å²) in [6, 6.07) is 8.98. The van der Waals surface area contributed by atoms with Gasteiger partial charge in [0.05, 0.1) is 12.5 Å². The van der Waals surface area contributed by atoms with Crippen LogP contribution in [0.5, 0.6) is 0 Å². The average Bonchev–Trinajstić information content (AvgIpc) is 2.39. The molecule has 5 heteroatoms. The Morgan fingerprint density at radius 2 is 2.17 bits per heavy atom. The molecule has 4 nitrogen and oxygen atoms in total. The number of terminal acetylenes is 1. The van der Waals surface area contributed by atoms with Crippen LogP contribution in [-0.2, 0) is 9.47 Å². The summed E-state index contributed by atoms with van der Waals surface area (Å²) in [7, 11) is 0. The lowest BCUT2D eigenvalue weighted by molar-refractivity contribution is 0.0477. The van der Waals surface area contributed by atoms with Crippen LogP contribution in [0.2, 0.25) is 0 Å². The maximum Gasteiger partial charge on any atom is 0.412 e. The summed E-state index contributed by atoms with van der Waals surface area (Å²) in [5.41, 5.74) is 0.653. The second kappa shape index (κ2) is 8.40. The number of rotatable bonds is 6. The Morgan fingerprint density at radius 1 is 1.44 bits per heavy atom. The zero-order valence-corrected chi connectivity index (χ0v) is 10.5. The largest absolute Gasteiger partial charge is 0.442 e. The summed E-state index contributed by atoms with van der Waals surface area (Å²) in [5.74, 6) is 2.46. The number of hydrogen-bond acceptors (Lipinski definition) is 3. The second-order valence-electron chi connectivity index (χ2n) is 3.39. The van der Waals surface area contributed by atoms with E-state index in [-0.39, 0.29) is 19.1 Å². The molecule has 0 saturated carbocycles. The van der Waals surface area contributed by atoms with Crippen molar-refractivity contribution in [3.63, 3.8) is 0 Å². The minimum Gasteiger partial charge on any atom is -0.442 e. The Hall–Kier alpha value is -1.70. The molecule has 0 fully saturated rings. The number of nitrogens with one attached hydrogen (secondary N) is 1. The van der Waals surface area contributed by atoms with Crippen LogP contribution in [0, 0.1) is 12.3 Å². The van der Waals surface area contributed by atoms with Gasteiger partial charge in [0.25, 0.3) is 0 Å². The molecule has 0 bridgehead atoms. The average molecular weight is 268 g/mol. The molecule has 0 aromatic heterocycles. The molecule has 1 aromatic rings. The van der Waals surface area contributed by atoms with E-state index >= 15 is 0 Å². The standard InChI is InChI=1S/C13H14ClNO3/c1-2-8-17-10-12(9-14)18-13(16)15-11-6-4-3-5-7-11/h1,3-7,12H,8-10H2,(H,15,16)/t12-/m0/s1. The van der Waals surface area contributed by atoms with E-state index in [0.29, 0.717) is 5.69 Å². The number of para-hydroxylation sites is 1.